The molecule has 0 aliphatic heterocycles. The van der Waals surface area contributed by atoms with E-state index in [1.54, 1.807) is 4.68 Å². The van der Waals surface area contributed by atoms with Gasteiger partial charge < -0.3 is 5.32 Å². The number of nitrogens with one attached hydrogen (secondary N) is 1. The number of carbonyl (C=O) groups is 1. The molecule has 1 atom stereocenters. The van der Waals surface area contributed by atoms with Crippen LogP contribution < -0.4 is 5.32 Å². The zero-order valence-electron chi connectivity index (χ0n) is 12.7. The Bertz CT molecular complexity index is 562. The quantitative estimate of drug-likeness (QED) is 0.850. The molecule has 0 saturated heterocycles. The van der Waals surface area contributed by atoms with Gasteiger partial charge in [0.2, 0.25) is 5.91 Å². The van der Waals surface area contributed by atoms with Gasteiger partial charge in [0, 0.05) is 19.7 Å². The van der Waals surface area contributed by atoms with Crippen LogP contribution in [-0.2, 0) is 18.3 Å². The Labute approximate surface area is 126 Å². The molecule has 4 nitrogen and oxygen atoms in total. The van der Waals surface area contributed by atoms with Crippen molar-refractivity contribution in [3.05, 3.63) is 53.9 Å². The van der Waals surface area contributed by atoms with E-state index in [0.717, 1.165) is 24.8 Å². The third-order valence-corrected chi connectivity index (χ3v) is 3.51. The van der Waals surface area contributed by atoms with Gasteiger partial charge in [0.05, 0.1) is 12.2 Å². The van der Waals surface area contributed by atoms with E-state index in [-0.39, 0.29) is 11.9 Å². The van der Waals surface area contributed by atoms with Gasteiger partial charge in [-0.15, -0.1) is 0 Å². The minimum atomic E-state index is 0.0983. The lowest BCUT2D eigenvalue weighted by Crippen LogP contribution is -2.28. The first kappa shape index (κ1) is 15.3. The summed E-state index contributed by atoms with van der Waals surface area (Å²) >= 11 is 0. The molecule has 0 aliphatic rings. The molecule has 0 saturated carbocycles. The van der Waals surface area contributed by atoms with Gasteiger partial charge in [0.15, 0.2) is 0 Å². The van der Waals surface area contributed by atoms with E-state index in [1.165, 1.54) is 5.56 Å². The van der Waals surface area contributed by atoms with Crippen LogP contribution in [0.3, 0.4) is 0 Å². The predicted octanol–water partition coefficient (Wildman–Crippen LogP) is 3.01. The molecule has 1 aromatic carbocycles. The van der Waals surface area contributed by atoms with Gasteiger partial charge in [-0.1, -0.05) is 43.7 Å². The molecule has 2 rings (SSSR count). The van der Waals surface area contributed by atoms with Crippen LogP contribution in [0.15, 0.2) is 42.7 Å². The van der Waals surface area contributed by atoms with Crippen LogP contribution >= 0.6 is 0 Å². The van der Waals surface area contributed by atoms with E-state index in [1.807, 2.05) is 37.6 Å². The highest BCUT2D eigenvalue weighted by molar-refractivity contribution is 5.76. The number of hydrogen-bond donors (Lipinski definition) is 1. The van der Waals surface area contributed by atoms with Crippen LogP contribution in [0, 0.1) is 0 Å². The Morgan fingerprint density at radius 1 is 1.33 bits per heavy atom. The Morgan fingerprint density at radius 3 is 2.71 bits per heavy atom. The highest BCUT2D eigenvalue weighted by Gasteiger charge is 2.13. The maximum absolute atomic E-state index is 12.1. The summed E-state index contributed by atoms with van der Waals surface area (Å²) in [5.74, 6) is 0.0983. The lowest BCUT2D eigenvalue weighted by molar-refractivity contribution is -0.121. The molecule has 0 fully saturated rings. The molecule has 1 aromatic heterocycles. The van der Waals surface area contributed by atoms with Crippen LogP contribution in [0.1, 0.15) is 43.4 Å². The number of benzene rings is 1. The van der Waals surface area contributed by atoms with Crippen molar-refractivity contribution in [2.24, 2.45) is 7.05 Å². The Kier molecular flexibility index (Phi) is 5.55. The normalized spacial score (nSPS) is 12.1. The molecule has 0 bridgehead atoms. The summed E-state index contributed by atoms with van der Waals surface area (Å²) in [5.41, 5.74) is 2.27. The van der Waals surface area contributed by atoms with Gasteiger partial charge in [-0.3, -0.25) is 9.48 Å². The third kappa shape index (κ3) is 4.74. The highest BCUT2D eigenvalue weighted by atomic mass is 16.1. The van der Waals surface area contributed by atoms with Crippen LogP contribution in [0.5, 0.6) is 0 Å². The molecule has 21 heavy (non-hydrogen) atoms. The molecule has 0 spiro atoms. The number of nitrogens with zero attached hydrogens (tertiary/aromatic N) is 2. The molecular weight excluding hydrogens is 262 g/mol. The van der Waals surface area contributed by atoms with Crippen molar-refractivity contribution in [1.29, 1.82) is 0 Å². The minimum absolute atomic E-state index is 0.0983. The van der Waals surface area contributed by atoms with E-state index in [4.69, 9.17) is 0 Å². The molecule has 0 aliphatic carbocycles. The smallest absolute Gasteiger partial charge is 0.220 e. The maximum Gasteiger partial charge on any atom is 0.220 e. The molecule has 112 valence electrons. The lowest BCUT2D eigenvalue weighted by atomic mass is 10.0. The van der Waals surface area contributed by atoms with Crippen molar-refractivity contribution in [2.75, 3.05) is 0 Å². The molecule has 1 N–H and O–H groups in total. The number of aryl methyl sites for hydroxylation is 2. The second-order valence-electron chi connectivity index (χ2n) is 5.34. The fourth-order valence-corrected chi connectivity index (χ4v) is 2.42. The molecule has 4 heteroatoms. The first-order valence-corrected chi connectivity index (χ1v) is 7.51. The van der Waals surface area contributed by atoms with Crippen molar-refractivity contribution in [1.82, 2.24) is 15.1 Å². The molecule has 1 amide bonds. The SMILES string of the molecule is CCC[C@H](NC(=O)CCc1cnn(C)c1)c1ccccc1. The highest BCUT2D eigenvalue weighted by Crippen LogP contribution is 2.18. The fourth-order valence-electron chi connectivity index (χ4n) is 2.42. The summed E-state index contributed by atoms with van der Waals surface area (Å²) < 4.78 is 1.76. The van der Waals surface area contributed by atoms with Crippen molar-refractivity contribution < 1.29 is 4.79 Å². The van der Waals surface area contributed by atoms with Crippen molar-refractivity contribution in [3.8, 4) is 0 Å². The minimum Gasteiger partial charge on any atom is -0.349 e. The number of rotatable bonds is 7. The van der Waals surface area contributed by atoms with E-state index >= 15 is 0 Å². The van der Waals surface area contributed by atoms with Gasteiger partial charge in [-0.2, -0.15) is 5.10 Å². The number of amides is 1. The standard InChI is InChI=1S/C17H23N3O/c1-3-7-16(15-8-5-4-6-9-15)19-17(21)11-10-14-12-18-20(2)13-14/h4-6,8-9,12-13,16H,3,7,10-11H2,1-2H3,(H,19,21)/t16-/m0/s1. The fraction of sp³-hybridized carbons (Fsp3) is 0.412. The van der Waals surface area contributed by atoms with Crippen molar-refractivity contribution >= 4 is 5.91 Å². The summed E-state index contributed by atoms with van der Waals surface area (Å²) in [6.45, 7) is 2.14. The average Bonchev–Trinajstić information content (AvgIpc) is 2.91. The van der Waals surface area contributed by atoms with E-state index in [0.29, 0.717) is 6.42 Å². The molecular formula is C17H23N3O. The zero-order valence-corrected chi connectivity index (χ0v) is 12.7. The van der Waals surface area contributed by atoms with E-state index in [9.17, 15) is 4.79 Å². The zero-order chi connectivity index (χ0) is 15.1. The largest absolute Gasteiger partial charge is 0.349 e. The lowest BCUT2D eigenvalue weighted by Gasteiger charge is -2.18. The van der Waals surface area contributed by atoms with Crippen LogP contribution in [0.4, 0.5) is 0 Å². The molecule has 0 radical (unpaired) electrons. The van der Waals surface area contributed by atoms with E-state index in [2.05, 4.69) is 29.5 Å². The summed E-state index contributed by atoms with van der Waals surface area (Å²) in [6, 6.07) is 10.3. The van der Waals surface area contributed by atoms with Gasteiger partial charge in [0.1, 0.15) is 0 Å². The van der Waals surface area contributed by atoms with Crippen molar-refractivity contribution in [2.45, 2.75) is 38.6 Å². The monoisotopic (exact) mass is 285 g/mol. The van der Waals surface area contributed by atoms with Crippen molar-refractivity contribution in [3.63, 3.8) is 0 Å². The average molecular weight is 285 g/mol. The molecule has 0 unspecified atom stereocenters. The topological polar surface area (TPSA) is 46.9 Å². The third-order valence-electron chi connectivity index (χ3n) is 3.51. The second kappa shape index (κ2) is 7.62. The Hall–Kier alpha value is -2.10. The Balaban J connectivity index is 1.89. The van der Waals surface area contributed by atoms with Crippen LogP contribution in [-0.4, -0.2) is 15.7 Å². The van der Waals surface area contributed by atoms with Crippen LogP contribution in [0.2, 0.25) is 0 Å². The first-order valence-electron chi connectivity index (χ1n) is 7.51. The first-order chi connectivity index (χ1) is 10.2. The maximum atomic E-state index is 12.1. The molecule has 2 aromatic rings. The van der Waals surface area contributed by atoms with Gasteiger partial charge in [-0.25, -0.2) is 0 Å². The van der Waals surface area contributed by atoms with Gasteiger partial charge in [-0.05, 0) is 24.0 Å². The summed E-state index contributed by atoms with van der Waals surface area (Å²) in [4.78, 5) is 12.1. The number of carbonyl (C=O) groups excluding carboxylic acids is 1. The Morgan fingerprint density at radius 2 is 2.10 bits per heavy atom. The van der Waals surface area contributed by atoms with E-state index < -0.39 is 0 Å². The summed E-state index contributed by atoms with van der Waals surface area (Å²) in [7, 11) is 1.89. The number of hydrogen-bond acceptors (Lipinski definition) is 2. The number of aromatic nitrogens is 2. The van der Waals surface area contributed by atoms with Crippen LogP contribution in [0.25, 0.3) is 0 Å². The predicted molar refractivity (Wildman–Crippen MR) is 83.8 cm³/mol. The summed E-state index contributed by atoms with van der Waals surface area (Å²) in [6.07, 6.45) is 7.00. The second-order valence-corrected chi connectivity index (χ2v) is 5.34. The van der Waals surface area contributed by atoms with Gasteiger partial charge in [0.25, 0.3) is 0 Å². The van der Waals surface area contributed by atoms with Gasteiger partial charge >= 0.3 is 0 Å². The molecule has 1 heterocycles. The summed E-state index contributed by atoms with van der Waals surface area (Å²) in [5, 5.41) is 7.26.